The lowest BCUT2D eigenvalue weighted by Gasteiger charge is -2.05. The standard InChI is InChI=1S/C13H14N4O/c1-9-6-12(17-10(2)16-9)13(18)15-8-11-4-3-5-14-7-11/h3-7H,8H2,1-2H3,(H,15,18). The molecule has 18 heavy (non-hydrogen) atoms. The summed E-state index contributed by atoms with van der Waals surface area (Å²) in [5, 5.41) is 2.80. The van der Waals surface area contributed by atoms with Gasteiger partial charge < -0.3 is 5.32 Å². The van der Waals surface area contributed by atoms with E-state index in [1.807, 2.05) is 19.1 Å². The number of carbonyl (C=O) groups excluding carboxylic acids is 1. The number of hydrogen-bond acceptors (Lipinski definition) is 4. The second-order valence-electron chi connectivity index (χ2n) is 3.99. The van der Waals surface area contributed by atoms with Crippen molar-refractivity contribution >= 4 is 5.91 Å². The summed E-state index contributed by atoms with van der Waals surface area (Å²) in [6.45, 7) is 4.05. The number of pyridine rings is 1. The maximum atomic E-state index is 11.9. The van der Waals surface area contributed by atoms with Gasteiger partial charge in [0.1, 0.15) is 11.5 Å². The monoisotopic (exact) mass is 242 g/mol. The number of aromatic nitrogens is 3. The Morgan fingerprint density at radius 1 is 1.33 bits per heavy atom. The van der Waals surface area contributed by atoms with E-state index in [1.54, 1.807) is 25.4 Å². The van der Waals surface area contributed by atoms with Crippen LogP contribution in [0.15, 0.2) is 30.6 Å². The van der Waals surface area contributed by atoms with Gasteiger partial charge in [0.25, 0.3) is 5.91 Å². The molecule has 0 aliphatic carbocycles. The first-order chi connectivity index (χ1) is 8.65. The summed E-state index contributed by atoms with van der Waals surface area (Å²) in [7, 11) is 0. The summed E-state index contributed by atoms with van der Waals surface area (Å²) in [5.74, 6) is 0.397. The van der Waals surface area contributed by atoms with E-state index in [9.17, 15) is 4.79 Å². The maximum absolute atomic E-state index is 11.9. The molecule has 0 aliphatic rings. The molecule has 2 heterocycles. The van der Waals surface area contributed by atoms with E-state index in [0.717, 1.165) is 11.3 Å². The van der Waals surface area contributed by atoms with Crippen molar-refractivity contribution in [2.75, 3.05) is 0 Å². The third-order valence-electron chi connectivity index (χ3n) is 2.37. The van der Waals surface area contributed by atoms with Gasteiger partial charge in [-0.25, -0.2) is 9.97 Å². The third-order valence-corrected chi connectivity index (χ3v) is 2.37. The normalized spacial score (nSPS) is 10.1. The van der Waals surface area contributed by atoms with Crippen molar-refractivity contribution in [1.29, 1.82) is 0 Å². The molecule has 0 bridgehead atoms. The highest BCUT2D eigenvalue weighted by Crippen LogP contribution is 2.01. The van der Waals surface area contributed by atoms with Crippen LogP contribution in [-0.4, -0.2) is 20.9 Å². The molecule has 0 saturated carbocycles. The molecule has 1 N–H and O–H groups in total. The minimum absolute atomic E-state index is 0.201. The first-order valence-corrected chi connectivity index (χ1v) is 5.64. The van der Waals surface area contributed by atoms with Crippen molar-refractivity contribution in [3.05, 3.63) is 53.4 Å². The second kappa shape index (κ2) is 5.35. The Morgan fingerprint density at radius 2 is 2.17 bits per heavy atom. The van der Waals surface area contributed by atoms with Crippen LogP contribution in [0, 0.1) is 13.8 Å². The van der Waals surface area contributed by atoms with E-state index in [1.165, 1.54) is 0 Å². The predicted octanol–water partition coefficient (Wildman–Crippen LogP) is 1.42. The number of hydrogen-bond donors (Lipinski definition) is 1. The lowest BCUT2D eigenvalue weighted by molar-refractivity contribution is 0.0945. The van der Waals surface area contributed by atoms with Crippen LogP contribution in [0.3, 0.4) is 0 Å². The van der Waals surface area contributed by atoms with Crippen LogP contribution >= 0.6 is 0 Å². The first-order valence-electron chi connectivity index (χ1n) is 5.64. The van der Waals surface area contributed by atoms with Crippen LogP contribution in [0.4, 0.5) is 0 Å². The van der Waals surface area contributed by atoms with Gasteiger partial charge in [0.15, 0.2) is 0 Å². The fraction of sp³-hybridized carbons (Fsp3) is 0.231. The van der Waals surface area contributed by atoms with E-state index in [0.29, 0.717) is 18.1 Å². The fourth-order valence-electron chi connectivity index (χ4n) is 1.61. The molecule has 5 heteroatoms. The van der Waals surface area contributed by atoms with Crippen LogP contribution in [0.1, 0.15) is 27.6 Å². The van der Waals surface area contributed by atoms with Crippen molar-refractivity contribution in [1.82, 2.24) is 20.3 Å². The molecular weight excluding hydrogens is 228 g/mol. The van der Waals surface area contributed by atoms with Gasteiger partial charge in [0.2, 0.25) is 0 Å². The molecular formula is C13H14N4O. The molecule has 1 amide bonds. The molecule has 0 unspecified atom stereocenters. The number of aryl methyl sites for hydroxylation is 2. The van der Waals surface area contributed by atoms with Gasteiger partial charge in [-0.15, -0.1) is 0 Å². The summed E-state index contributed by atoms with van der Waals surface area (Å²) in [6, 6.07) is 5.41. The van der Waals surface area contributed by atoms with Gasteiger partial charge in [-0.05, 0) is 31.5 Å². The fourth-order valence-corrected chi connectivity index (χ4v) is 1.61. The molecule has 5 nitrogen and oxygen atoms in total. The number of rotatable bonds is 3. The van der Waals surface area contributed by atoms with E-state index < -0.39 is 0 Å². The summed E-state index contributed by atoms with van der Waals surface area (Å²) in [5.41, 5.74) is 2.13. The zero-order valence-corrected chi connectivity index (χ0v) is 10.3. The Bertz CT molecular complexity index is 534. The number of amides is 1. The second-order valence-corrected chi connectivity index (χ2v) is 3.99. The molecule has 0 aliphatic heterocycles. The molecule has 0 atom stereocenters. The summed E-state index contributed by atoms with van der Waals surface area (Å²) >= 11 is 0. The highest BCUT2D eigenvalue weighted by atomic mass is 16.1. The smallest absolute Gasteiger partial charge is 0.270 e. The first kappa shape index (κ1) is 12.2. The molecule has 0 aromatic carbocycles. The van der Waals surface area contributed by atoms with Crippen LogP contribution in [-0.2, 0) is 6.54 Å². The summed E-state index contributed by atoms with van der Waals surface area (Å²) < 4.78 is 0. The minimum Gasteiger partial charge on any atom is -0.347 e. The van der Waals surface area contributed by atoms with Crippen LogP contribution in [0.5, 0.6) is 0 Å². The Kier molecular flexibility index (Phi) is 3.62. The topological polar surface area (TPSA) is 67.8 Å². The lowest BCUT2D eigenvalue weighted by atomic mass is 10.2. The van der Waals surface area contributed by atoms with Gasteiger partial charge in [-0.2, -0.15) is 0 Å². The Balaban J connectivity index is 2.04. The molecule has 0 saturated heterocycles. The zero-order chi connectivity index (χ0) is 13.0. The van der Waals surface area contributed by atoms with E-state index in [-0.39, 0.29) is 5.91 Å². The van der Waals surface area contributed by atoms with Crippen molar-refractivity contribution < 1.29 is 4.79 Å². The largest absolute Gasteiger partial charge is 0.347 e. The van der Waals surface area contributed by atoms with Crippen molar-refractivity contribution in [3.63, 3.8) is 0 Å². The quantitative estimate of drug-likeness (QED) is 0.883. The van der Waals surface area contributed by atoms with Gasteiger partial charge in [-0.1, -0.05) is 6.07 Å². The molecule has 0 fully saturated rings. The van der Waals surface area contributed by atoms with Gasteiger partial charge >= 0.3 is 0 Å². The minimum atomic E-state index is -0.201. The highest BCUT2D eigenvalue weighted by Gasteiger charge is 2.08. The summed E-state index contributed by atoms with van der Waals surface area (Å²) in [4.78, 5) is 24.1. The average molecular weight is 242 g/mol. The molecule has 0 spiro atoms. The molecule has 2 aromatic rings. The highest BCUT2D eigenvalue weighted by molar-refractivity contribution is 5.92. The van der Waals surface area contributed by atoms with E-state index in [2.05, 4.69) is 20.3 Å². The molecule has 2 aromatic heterocycles. The number of nitrogens with zero attached hydrogens (tertiary/aromatic N) is 3. The van der Waals surface area contributed by atoms with Crippen LogP contribution in [0.25, 0.3) is 0 Å². The molecule has 0 radical (unpaired) electrons. The van der Waals surface area contributed by atoms with E-state index in [4.69, 9.17) is 0 Å². The third kappa shape index (κ3) is 3.10. The number of carbonyl (C=O) groups is 1. The van der Waals surface area contributed by atoms with Crippen molar-refractivity contribution in [2.45, 2.75) is 20.4 Å². The predicted molar refractivity (Wildman–Crippen MR) is 66.9 cm³/mol. The number of nitrogens with one attached hydrogen (secondary N) is 1. The molecule has 2 rings (SSSR count). The van der Waals surface area contributed by atoms with E-state index >= 15 is 0 Å². The zero-order valence-electron chi connectivity index (χ0n) is 10.3. The van der Waals surface area contributed by atoms with Gasteiger partial charge in [0.05, 0.1) is 0 Å². The average Bonchev–Trinajstić information content (AvgIpc) is 2.36. The Morgan fingerprint density at radius 3 is 2.83 bits per heavy atom. The lowest BCUT2D eigenvalue weighted by Crippen LogP contribution is -2.24. The Hall–Kier alpha value is -2.30. The Labute approximate surface area is 105 Å². The van der Waals surface area contributed by atoms with Gasteiger partial charge in [0, 0.05) is 24.6 Å². The maximum Gasteiger partial charge on any atom is 0.270 e. The summed E-state index contributed by atoms with van der Waals surface area (Å²) in [6.07, 6.45) is 3.42. The SMILES string of the molecule is Cc1cc(C(=O)NCc2cccnc2)nc(C)n1. The molecule has 92 valence electrons. The van der Waals surface area contributed by atoms with Crippen LogP contribution in [0.2, 0.25) is 0 Å². The van der Waals surface area contributed by atoms with Crippen molar-refractivity contribution in [3.8, 4) is 0 Å². The van der Waals surface area contributed by atoms with Crippen molar-refractivity contribution in [2.24, 2.45) is 0 Å². The van der Waals surface area contributed by atoms with Crippen LogP contribution < -0.4 is 5.32 Å². The van der Waals surface area contributed by atoms with Gasteiger partial charge in [-0.3, -0.25) is 9.78 Å².